The molecule has 29 heavy (non-hydrogen) atoms. The fourth-order valence-corrected chi connectivity index (χ4v) is 5.90. The fraction of sp³-hybridized carbons (Fsp3) is 0.840. The maximum Gasteiger partial charge on any atom is 0.191 e. The topological polar surface area (TPSA) is 21.7 Å². The lowest BCUT2D eigenvalue weighted by atomic mass is 9.68. The second-order valence-corrected chi connectivity index (χ2v) is 15.9. The van der Waals surface area contributed by atoms with E-state index < -0.39 is 8.32 Å². The van der Waals surface area contributed by atoms with Crippen LogP contribution in [-0.4, -0.2) is 44.6 Å². The third-order valence-electron chi connectivity index (χ3n) is 7.19. The molecule has 1 fully saturated rings. The molecule has 0 aromatic carbocycles. The zero-order valence-electron chi connectivity index (χ0n) is 20.4. The van der Waals surface area contributed by atoms with E-state index in [1.807, 2.05) is 0 Å². The van der Waals surface area contributed by atoms with Crippen LogP contribution >= 0.6 is 0 Å². The molecule has 2 rings (SSSR count). The van der Waals surface area contributed by atoms with E-state index in [1.165, 1.54) is 17.8 Å². The van der Waals surface area contributed by atoms with Crippen molar-refractivity contribution in [1.82, 2.24) is 4.90 Å². The maximum atomic E-state index is 6.44. The Hall–Kier alpha value is -0.763. The van der Waals surface area contributed by atoms with E-state index in [1.54, 1.807) is 0 Å². The van der Waals surface area contributed by atoms with Gasteiger partial charge in [0.25, 0.3) is 0 Å². The van der Waals surface area contributed by atoms with Crippen LogP contribution in [0.4, 0.5) is 0 Å². The Morgan fingerprint density at radius 3 is 2.59 bits per heavy atom. The highest BCUT2D eigenvalue weighted by Gasteiger charge is 2.47. The smallest absolute Gasteiger partial charge is 0.191 e. The van der Waals surface area contributed by atoms with Crippen molar-refractivity contribution in [2.24, 2.45) is 5.92 Å². The molecule has 0 radical (unpaired) electrons. The van der Waals surface area contributed by atoms with E-state index in [0.29, 0.717) is 5.92 Å². The number of nitrogens with zero attached hydrogens (tertiary/aromatic N) is 1. The SMILES string of the molecule is C#CC[C@]12C[C@@H](C)CC(OC(C)C)=C1CCCN2CCCO[Si](C)(C)C(C)(C)C. The monoisotopic (exact) mass is 419 g/mol. The standard InChI is InChI=1S/C25H45NO2Si/c1-10-14-25-19-21(4)18-23(28-20(2)3)22(25)13-11-15-26(25)16-12-17-27-29(8,9)24(5,6)7/h1,20-21H,11-19H2,2-9H3/t21-,25-/m0/s1. The zero-order valence-corrected chi connectivity index (χ0v) is 21.4. The molecule has 1 aliphatic heterocycles. The number of hydrogen-bond donors (Lipinski definition) is 0. The highest BCUT2D eigenvalue weighted by Crippen LogP contribution is 2.48. The average molecular weight is 420 g/mol. The van der Waals surface area contributed by atoms with E-state index in [9.17, 15) is 0 Å². The molecule has 166 valence electrons. The lowest BCUT2D eigenvalue weighted by Gasteiger charge is -2.52. The number of piperidine rings is 1. The van der Waals surface area contributed by atoms with E-state index in [-0.39, 0.29) is 16.7 Å². The predicted molar refractivity (Wildman–Crippen MR) is 126 cm³/mol. The summed E-state index contributed by atoms with van der Waals surface area (Å²) in [6, 6.07) is 0. The van der Waals surface area contributed by atoms with Gasteiger partial charge in [0.2, 0.25) is 0 Å². The minimum Gasteiger partial charge on any atom is -0.495 e. The normalized spacial score (nSPS) is 26.4. The van der Waals surface area contributed by atoms with Gasteiger partial charge in [0.15, 0.2) is 8.32 Å². The van der Waals surface area contributed by atoms with Crippen LogP contribution in [0.2, 0.25) is 18.1 Å². The van der Waals surface area contributed by atoms with Crippen molar-refractivity contribution in [1.29, 1.82) is 0 Å². The molecular weight excluding hydrogens is 374 g/mol. The minimum atomic E-state index is -1.68. The molecule has 0 spiro atoms. The van der Waals surface area contributed by atoms with E-state index >= 15 is 0 Å². The van der Waals surface area contributed by atoms with Crippen LogP contribution in [-0.2, 0) is 9.16 Å². The molecule has 0 amide bonds. The van der Waals surface area contributed by atoms with Gasteiger partial charge >= 0.3 is 0 Å². The zero-order chi connectivity index (χ0) is 21.9. The molecule has 0 aromatic heterocycles. The van der Waals surface area contributed by atoms with Crippen molar-refractivity contribution in [3.63, 3.8) is 0 Å². The van der Waals surface area contributed by atoms with Crippen molar-refractivity contribution in [2.45, 2.75) is 110 Å². The Balaban J connectivity index is 2.16. The van der Waals surface area contributed by atoms with Gasteiger partial charge in [-0.3, -0.25) is 4.90 Å². The maximum absolute atomic E-state index is 6.44. The highest BCUT2D eigenvalue weighted by atomic mass is 28.4. The third-order valence-corrected chi connectivity index (χ3v) is 11.7. The van der Waals surface area contributed by atoms with Crippen molar-refractivity contribution < 1.29 is 9.16 Å². The fourth-order valence-electron chi connectivity index (χ4n) is 4.81. The number of fused-ring (bicyclic) bond motifs is 1. The Bertz CT molecular complexity index is 626. The number of rotatable bonds is 8. The summed E-state index contributed by atoms with van der Waals surface area (Å²) in [5, 5.41) is 0.264. The Kier molecular flexibility index (Phi) is 8.10. The van der Waals surface area contributed by atoms with Crippen LogP contribution in [0.1, 0.15) is 80.1 Å². The summed E-state index contributed by atoms with van der Waals surface area (Å²) in [5.41, 5.74) is 1.49. The van der Waals surface area contributed by atoms with Gasteiger partial charge in [-0.05, 0) is 75.7 Å². The lowest BCUT2D eigenvalue weighted by molar-refractivity contribution is 0.0335. The molecule has 2 atom stereocenters. The van der Waals surface area contributed by atoms with Crippen molar-refractivity contribution in [3.8, 4) is 12.3 Å². The molecule has 0 aromatic rings. The molecule has 1 heterocycles. The van der Waals surface area contributed by atoms with Crippen LogP contribution in [0.5, 0.6) is 0 Å². The third kappa shape index (κ3) is 5.69. The molecule has 4 heteroatoms. The van der Waals surface area contributed by atoms with Crippen molar-refractivity contribution in [3.05, 3.63) is 11.3 Å². The van der Waals surface area contributed by atoms with Gasteiger partial charge in [0.05, 0.1) is 17.4 Å². The van der Waals surface area contributed by atoms with Crippen molar-refractivity contribution in [2.75, 3.05) is 19.7 Å². The van der Waals surface area contributed by atoms with Gasteiger partial charge in [-0.2, -0.15) is 0 Å². The number of ether oxygens (including phenoxy) is 1. The quantitative estimate of drug-likeness (QED) is 0.259. The molecule has 0 N–H and O–H groups in total. The summed E-state index contributed by atoms with van der Waals surface area (Å²) < 4.78 is 12.8. The Morgan fingerprint density at radius 1 is 1.31 bits per heavy atom. The first-order chi connectivity index (χ1) is 13.4. The molecule has 0 bridgehead atoms. The van der Waals surface area contributed by atoms with Gasteiger partial charge in [0, 0.05) is 26.0 Å². The predicted octanol–water partition coefficient (Wildman–Crippen LogP) is 6.37. The number of terminal acetylenes is 1. The summed E-state index contributed by atoms with van der Waals surface area (Å²) in [4.78, 5) is 2.68. The minimum absolute atomic E-state index is 0.00807. The average Bonchev–Trinajstić information content (AvgIpc) is 2.57. The summed E-state index contributed by atoms with van der Waals surface area (Å²) in [7, 11) is -1.68. The molecule has 1 saturated heterocycles. The van der Waals surface area contributed by atoms with E-state index in [2.05, 4.69) is 65.5 Å². The van der Waals surface area contributed by atoms with E-state index in [0.717, 1.165) is 51.8 Å². The first-order valence-corrected chi connectivity index (χ1v) is 14.6. The van der Waals surface area contributed by atoms with Gasteiger partial charge in [0.1, 0.15) is 0 Å². The van der Waals surface area contributed by atoms with Crippen LogP contribution in [0.3, 0.4) is 0 Å². The first kappa shape index (κ1) is 24.5. The Labute approximate surface area is 181 Å². The second kappa shape index (κ2) is 9.58. The van der Waals surface area contributed by atoms with Gasteiger partial charge in [-0.15, -0.1) is 12.3 Å². The Morgan fingerprint density at radius 2 is 2.00 bits per heavy atom. The molecule has 2 aliphatic rings. The summed E-state index contributed by atoms with van der Waals surface area (Å²) in [6.45, 7) is 21.3. The molecular formula is C25H45NO2Si. The highest BCUT2D eigenvalue weighted by molar-refractivity contribution is 6.74. The van der Waals surface area contributed by atoms with Gasteiger partial charge in [-0.1, -0.05) is 27.7 Å². The van der Waals surface area contributed by atoms with Crippen LogP contribution in [0.15, 0.2) is 11.3 Å². The summed E-state index contributed by atoms with van der Waals surface area (Å²) >= 11 is 0. The summed E-state index contributed by atoms with van der Waals surface area (Å²) in [6.07, 6.45) is 12.5. The second-order valence-electron chi connectivity index (χ2n) is 11.0. The van der Waals surface area contributed by atoms with Crippen LogP contribution in [0.25, 0.3) is 0 Å². The lowest BCUT2D eigenvalue weighted by Crippen LogP contribution is -2.56. The van der Waals surface area contributed by atoms with Crippen LogP contribution in [0, 0.1) is 18.3 Å². The van der Waals surface area contributed by atoms with Gasteiger partial charge < -0.3 is 9.16 Å². The van der Waals surface area contributed by atoms with Crippen LogP contribution < -0.4 is 0 Å². The first-order valence-electron chi connectivity index (χ1n) is 11.6. The van der Waals surface area contributed by atoms with E-state index in [4.69, 9.17) is 15.6 Å². The summed E-state index contributed by atoms with van der Waals surface area (Å²) in [5.74, 6) is 4.86. The number of likely N-dealkylation sites (tertiary alicyclic amines) is 1. The molecule has 0 unspecified atom stereocenters. The van der Waals surface area contributed by atoms with Gasteiger partial charge in [-0.25, -0.2) is 0 Å². The van der Waals surface area contributed by atoms with Crippen molar-refractivity contribution >= 4 is 8.32 Å². The molecule has 3 nitrogen and oxygen atoms in total. The molecule has 0 saturated carbocycles. The number of allylic oxidation sites excluding steroid dienone is 1. The number of hydrogen-bond acceptors (Lipinski definition) is 3. The molecule has 1 aliphatic carbocycles. The largest absolute Gasteiger partial charge is 0.495 e.